The number of esters is 1. The van der Waals surface area contributed by atoms with Crippen LogP contribution in [-0.4, -0.2) is 20.1 Å². The van der Waals surface area contributed by atoms with E-state index in [1.165, 1.54) is 10.8 Å². The minimum atomic E-state index is -0.0644. The number of nitrogens with zero attached hydrogens (tertiary/aromatic N) is 3. The number of carbonyl (C=O) groups excluding carboxylic acids is 1. The van der Waals surface area contributed by atoms with Crippen LogP contribution < -0.4 is 0 Å². The van der Waals surface area contributed by atoms with E-state index in [9.17, 15) is 4.79 Å². The average molecular weight is 560 g/mol. The molecule has 3 heterocycles. The quantitative estimate of drug-likeness (QED) is 0.157. The number of allylic oxidation sites excluding steroid dienone is 2. The van der Waals surface area contributed by atoms with Crippen LogP contribution in [0.5, 0.6) is 0 Å². The highest BCUT2D eigenvalue weighted by molar-refractivity contribution is 6.10. The zero-order valence-electron chi connectivity index (χ0n) is 23.6. The Hall–Kier alpha value is -5.16. The monoisotopic (exact) mass is 559 g/mol. The molecule has 3 atom stereocenters. The van der Waals surface area contributed by atoms with Crippen LogP contribution in [0.3, 0.4) is 0 Å². The molecule has 4 aromatic carbocycles. The van der Waals surface area contributed by atoms with E-state index in [0.29, 0.717) is 11.8 Å². The number of hydrogen-bond donors (Lipinski definition) is 0. The van der Waals surface area contributed by atoms with Gasteiger partial charge in [0.2, 0.25) is 0 Å². The van der Waals surface area contributed by atoms with Crippen molar-refractivity contribution in [1.82, 2.24) is 14.1 Å². The second-order valence-electron chi connectivity index (χ2n) is 11.9. The number of fused-ring (bicyclic) bond motifs is 8. The number of hydrogen-bond acceptors (Lipinski definition) is 3. The van der Waals surface area contributed by atoms with E-state index in [1.807, 2.05) is 0 Å². The fourth-order valence-corrected chi connectivity index (χ4v) is 7.50. The summed E-state index contributed by atoms with van der Waals surface area (Å²) in [5.41, 5.74) is 5.43. The number of rotatable bonds is 5. The first-order valence-electron chi connectivity index (χ1n) is 15.1. The third-order valence-corrected chi connectivity index (χ3v) is 9.46. The van der Waals surface area contributed by atoms with Crippen molar-refractivity contribution in [3.63, 3.8) is 0 Å². The summed E-state index contributed by atoms with van der Waals surface area (Å²) in [5, 5.41) is 4.70. The van der Waals surface area contributed by atoms with E-state index in [1.54, 1.807) is 0 Å². The number of pyridine rings is 1. The number of carbonyl (C=O) groups is 1. The van der Waals surface area contributed by atoms with Crippen molar-refractivity contribution in [2.75, 3.05) is 0 Å². The van der Waals surface area contributed by atoms with Crippen LogP contribution in [0.2, 0.25) is 0 Å². The Kier molecular flexibility index (Phi) is 5.36. The molecule has 43 heavy (non-hydrogen) atoms. The van der Waals surface area contributed by atoms with Crippen LogP contribution in [0.1, 0.15) is 18.4 Å². The Bertz CT molecular complexity index is 2200. The summed E-state index contributed by atoms with van der Waals surface area (Å²) in [6.07, 6.45) is 6.47. The van der Waals surface area contributed by atoms with Crippen molar-refractivity contribution in [3.05, 3.63) is 127 Å². The molecular weight excluding hydrogens is 530 g/mol. The first kappa shape index (κ1) is 24.4. The van der Waals surface area contributed by atoms with Crippen molar-refractivity contribution >= 4 is 49.6 Å². The van der Waals surface area contributed by atoms with Gasteiger partial charge < -0.3 is 4.74 Å². The molecule has 0 N–H and O–H groups in total. The first-order chi connectivity index (χ1) is 21.2. The molecule has 7 aromatic rings. The maximum absolute atomic E-state index is 12.9. The van der Waals surface area contributed by atoms with E-state index < -0.39 is 0 Å². The van der Waals surface area contributed by atoms with Gasteiger partial charge in [0.05, 0.1) is 28.0 Å². The Balaban J connectivity index is 1.13. The highest BCUT2D eigenvalue weighted by Gasteiger charge is 2.40. The average Bonchev–Trinajstić information content (AvgIpc) is 3.84. The molecule has 0 radical (unpaired) electrons. The van der Waals surface area contributed by atoms with Gasteiger partial charge in [-0.2, -0.15) is 0 Å². The van der Waals surface area contributed by atoms with Gasteiger partial charge >= 0.3 is 5.97 Å². The van der Waals surface area contributed by atoms with Crippen molar-refractivity contribution < 1.29 is 9.53 Å². The van der Waals surface area contributed by atoms with E-state index in [4.69, 9.17) is 9.72 Å². The lowest BCUT2D eigenvalue weighted by molar-refractivity contribution is -0.150. The molecule has 208 valence electrons. The van der Waals surface area contributed by atoms with E-state index in [2.05, 4.69) is 130 Å². The summed E-state index contributed by atoms with van der Waals surface area (Å²) in [5.74, 6) is 2.57. The predicted molar refractivity (Wildman–Crippen MR) is 172 cm³/mol. The van der Waals surface area contributed by atoms with Crippen molar-refractivity contribution in [3.8, 4) is 11.6 Å². The van der Waals surface area contributed by atoms with Gasteiger partial charge in [-0.1, -0.05) is 78.9 Å². The van der Waals surface area contributed by atoms with E-state index in [0.717, 1.165) is 62.9 Å². The van der Waals surface area contributed by atoms with Gasteiger partial charge in [-0.3, -0.25) is 13.9 Å². The molecule has 5 nitrogen and oxygen atoms in total. The van der Waals surface area contributed by atoms with Gasteiger partial charge in [-0.05, 0) is 72.7 Å². The van der Waals surface area contributed by atoms with Crippen molar-refractivity contribution in [1.29, 1.82) is 0 Å². The molecule has 2 aliphatic rings. The Labute approximate surface area is 248 Å². The second-order valence-corrected chi connectivity index (χ2v) is 11.9. The van der Waals surface area contributed by atoms with E-state index >= 15 is 0 Å². The molecule has 3 aromatic heterocycles. The molecule has 1 saturated carbocycles. The zero-order valence-corrected chi connectivity index (χ0v) is 23.6. The molecule has 3 unspecified atom stereocenters. The van der Waals surface area contributed by atoms with Gasteiger partial charge in [0, 0.05) is 21.5 Å². The zero-order chi connectivity index (χ0) is 28.5. The number of aromatic nitrogens is 3. The fourth-order valence-electron chi connectivity index (χ4n) is 7.50. The normalized spacial score (nSPS) is 19.3. The predicted octanol–water partition coefficient (Wildman–Crippen LogP) is 8.53. The summed E-state index contributed by atoms with van der Waals surface area (Å²) < 4.78 is 10.3. The fraction of sp³-hybridized carbons (Fsp3) is 0.158. The minimum absolute atomic E-state index is 0.00790. The second kappa shape index (κ2) is 9.43. The molecule has 0 saturated heterocycles. The van der Waals surface area contributed by atoms with Crippen LogP contribution >= 0.6 is 0 Å². The number of benzene rings is 4. The maximum atomic E-state index is 12.9. The van der Waals surface area contributed by atoms with Gasteiger partial charge in [-0.15, -0.1) is 0 Å². The molecule has 0 spiro atoms. The molecule has 0 aliphatic heterocycles. The lowest BCUT2D eigenvalue weighted by Gasteiger charge is -2.16. The molecular formula is C38H29N3O2. The summed E-state index contributed by atoms with van der Waals surface area (Å²) in [4.78, 5) is 18.2. The first-order valence-corrected chi connectivity index (χ1v) is 15.1. The topological polar surface area (TPSA) is 49.0 Å². The highest BCUT2D eigenvalue weighted by Crippen LogP contribution is 2.44. The lowest BCUT2D eigenvalue weighted by atomic mass is 9.94. The number of ether oxygens (including phenoxy) is 1. The standard InChI is InChI=1S/C38H29N3O2/c42-38(30-21-24-16-18-26(30)20-24)43-23-25-17-19-35-31(22-25)29-10-3-6-13-34(29)41(35)37-15-7-14-36(39-37)40-32-11-4-1-8-27(32)28-9-2-5-12-33(28)40/h1-19,22,24,26,30H,20-21,23H2. The Morgan fingerprint density at radius 3 is 1.81 bits per heavy atom. The summed E-state index contributed by atoms with van der Waals surface area (Å²) >= 11 is 0. The Morgan fingerprint density at radius 2 is 1.23 bits per heavy atom. The van der Waals surface area contributed by atoms with Crippen LogP contribution in [-0.2, 0) is 16.1 Å². The Morgan fingerprint density at radius 1 is 0.651 bits per heavy atom. The van der Waals surface area contributed by atoms with Crippen LogP contribution in [0, 0.1) is 17.8 Å². The SMILES string of the molecule is O=C(OCc1ccc2c(c1)c1ccccc1n2-c1cccc(-n2c3ccccc3c3ccccc32)n1)C1CC2C=CC1C2. The maximum Gasteiger partial charge on any atom is 0.309 e. The number of para-hydroxylation sites is 3. The largest absolute Gasteiger partial charge is 0.461 e. The van der Waals surface area contributed by atoms with Crippen LogP contribution in [0.15, 0.2) is 121 Å². The molecule has 2 aliphatic carbocycles. The molecule has 1 fully saturated rings. The van der Waals surface area contributed by atoms with Crippen LogP contribution in [0.25, 0.3) is 55.2 Å². The summed E-state index contributed by atoms with van der Waals surface area (Å²) in [6.45, 7) is 0.285. The molecule has 5 heteroatoms. The van der Waals surface area contributed by atoms with E-state index in [-0.39, 0.29) is 18.5 Å². The van der Waals surface area contributed by atoms with Crippen LogP contribution in [0.4, 0.5) is 0 Å². The van der Waals surface area contributed by atoms with Gasteiger partial charge in [-0.25, -0.2) is 4.98 Å². The third-order valence-electron chi connectivity index (χ3n) is 9.46. The van der Waals surface area contributed by atoms with Crippen molar-refractivity contribution in [2.45, 2.75) is 19.4 Å². The summed E-state index contributed by atoms with van der Waals surface area (Å²) in [6, 6.07) is 38.1. The van der Waals surface area contributed by atoms with Gasteiger partial charge in [0.15, 0.2) is 0 Å². The van der Waals surface area contributed by atoms with Gasteiger partial charge in [0.25, 0.3) is 0 Å². The highest BCUT2D eigenvalue weighted by atomic mass is 16.5. The smallest absolute Gasteiger partial charge is 0.309 e. The lowest BCUT2D eigenvalue weighted by Crippen LogP contribution is -2.21. The third kappa shape index (κ3) is 3.77. The summed E-state index contributed by atoms with van der Waals surface area (Å²) in [7, 11) is 0. The van der Waals surface area contributed by atoms with Gasteiger partial charge in [0.1, 0.15) is 18.2 Å². The van der Waals surface area contributed by atoms with Crippen molar-refractivity contribution in [2.24, 2.45) is 17.8 Å². The molecule has 0 amide bonds. The molecule has 9 rings (SSSR count). The molecule has 2 bridgehead atoms. The minimum Gasteiger partial charge on any atom is -0.461 e.